The molecule has 0 spiro atoms. The van der Waals surface area contributed by atoms with E-state index in [4.69, 9.17) is 9.26 Å². The molecule has 0 amide bonds. The number of ether oxygens (including phenoxy) is 1. The second-order valence-corrected chi connectivity index (χ2v) is 6.70. The van der Waals surface area contributed by atoms with Crippen LogP contribution >= 0.6 is 0 Å². The summed E-state index contributed by atoms with van der Waals surface area (Å²) in [5.41, 5.74) is 1.32. The minimum absolute atomic E-state index is 0.123. The molecule has 5 heteroatoms. The van der Waals surface area contributed by atoms with Crippen molar-refractivity contribution >= 4 is 0 Å². The maximum absolute atomic E-state index is 5.53. The zero-order valence-electron chi connectivity index (χ0n) is 14.7. The number of aromatic nitrogens is 2. The zero-order valence-corrected chi connectivity index (χ0v) is 14.7. The fraction of sp³-hybridized carbons (Fsp3) is 0.579. The Hall–Kier alpha value is -1.72. The number of hydrogen-bond acceptors (Lipinski definition) is 5. The average molecular weight is 329 g/mol. The fourth-order valence-corrected chi connectivity index (χ4v) is 3.86. The summed E-state index contributed by atoms with van der Waals surface area (Å²) in [6, 6.07) is 10.2. The van der Waals surface area contributed by atoms with Gasteiger partial charge in [0.1, 0.15) is 0 Å². The molecular weight excluding hydrogens is 302 g/mol. The molecule has 1 atom stereocenters. The molecule has 5 nitrogen and oxygen atoms in total. The third-order valence-electron chi connectivity index (χ3n) is 4.91. The van der Waals surface area contributed by atoms with Gasteiger partial charge in [-0.15, -0.1) is 0 Å². The van der Waals surface area contributed by atoms with Crippen LogP contribution in [-0.4, -0.2) is 40.8 Å². The number of nitrogens with zero attached hydrogens (tertiary/aromatic N) is 3. The predicted molar refractivity (Wildman–Crippen MR) is 92.7 cm³/mol. The van der Waals surface area contributed by atoms with Crippen molar-refractivity contribution < 1.29 is 9.26 Å². The Balaban J connectivity index is 1.67. The normalized spacial score (nSPS) is 21.4. The molecule has 24 heavy (non-hydrogen) atoms. The van der Waals surface area contributed by atoms with Crippen LogP contribution in [0.4, 0.5) is 0 Å². The number of likely N-dealkylation sites (tertiary alicyclic amines) is 1. The standard InChI is InChI=1S/C19H27N3O2/c1-3-10-19(15-23-2)11-7-12-22(19)14-18-20-17(21-24-18)13-16-8-5-4-6-9-16/h4-6,8-9H,3,7,10-15H2,1-2H3. The third kappa shape index (κ3) is 3.84. The number of rotatable bonds is 8. The first-order valence-corrected chi connectivity index (χ1v) is 8.85. The first kappa shape index (κ1) is 17.1. The molecule has 0 N–H and O–H groups in total. The molecule has 1 saturated heterocycles. The lowest BCUT2D eigenvalue weighted by atomic mass is 9.91. The third-order valence-corrected chi connectivity index (χ3v) is 4.91. The molecule has 1 aliphatic heterocycles. The van der Waals surface area contributed by atoms with E-state index in [0.29, 0.717) is 18.9 Å². The van der Waals surface area contributed by atoms with Crippen molar-refractivity contribution in [1.29, 1.82) is 0 Å². The van der Waals surface area contributed by atoms with Crippen LogP contribution in [0.2, 0.25) is 0 Å². The second kappa shape index (κ2) is 7.90. The first-order valence-electron chi connectivity index (χ1n) is 8.85. The van der Waals surface area contributed by atoms with Crippen LogP contribution in [0.1, 0.15) is 49.9 Å². The highest BCUT2D eigenvalue weighted by atomic mass is 16.5. The van der Waals surface area contributed by atoms with E-state index in [-0.39, 0.29) is 5.54 Å². The molecule has 2 aromatic rings. The predicted octanol–water partition coefficient (Wildman–Crippen LogP) is 3.44. The van der Waals surface area contributed by atoms with Crippen LogP contribution in [0.5, 0.6) is 0 Å². The van der Waals surface area contributed by atoms with Gasteiger partial charge >= 0.3 is 0 Å². The Morgan fingerprint density at radius 3 is 2.88 bits per heavy atom. The van der Waals surface area contributed by atoms with Crippen LogP contribution in [-0.2, 0) is 17.7 Å². The SMILES string of the molecule is CCCC1(COC)CCCN1Cc1nc(Cc2ccccc2)no1. The molecule has 130 valence electrons. The number of benzene rings is 1. The van der Waals surface area contributed by atoms with Gasteiger partial charge in [-0.1, -0.05) is 48.8 Å². The molecule has 0 radical (unpaired) electrons. The van der Waals surface area contributed by atoms with Gasteiger partial charge in [-0.05, 0) is 31.4 Å². The Morgan fingerprint density at radius 1 is 1.29 bits per heavy atom. The summed E-state index contributed by atoms with van der Waals surface area (Å²) in [4.78, 5) is 7.07. The van der Waals surface area contributed by atoms with Crippen LogP contribution < -0.4 is 0 Å². The van der Waals surface area contributed by atoms with Crippen molar-refractivity contribution in [2.45, 2.75) is 51.1 Å². The minimum atomic E-state index is 0.123. The van der Waals surface area contributed by atoms with Crippen LogP contribution in [0.25, 0.3) is 0 Å². The molecule has 0 aliphatic carbocycles. The topological polar surface area (TPSA) is 51.4 Å². The summed E-state index contributed by atoms with van der Waals surface area (Å²) < 4.78 is 11.0. The lowest BCUT2D eigenvalue weighted by molar-refractivity contribution is 0.0212. The van der Waals surface area contributed by atoms with Crippen molar-refractivity contribution in [1.82, 2.24) is 15.0 Å². The van der Waals surface area contributed by atoms with E-state index in [0.717, 1.165) is 31.8 Å². The van der Waals surface area contributed by atoms with Gasteiger partial charge in [0.05, 0.1) is 13.2 Å². The van der Waals surface area contributed by atoms with Crippen LogP contribution in [0.15, 0.2) is 34.9 Å². The van der Waals surface area contributed by atoms with Crippen LogP contribution in [0, 0.1) is 0 Å². The molecule has 1 unspecified atom stereocenters. The summed E-state index contributed by atoms with van der Waals surface area (Å²) >= 11 is 0. The van der Waals surface area contributed by atoms with Gasteiger partial charge in [-0.2, -0.15) is 4.98 Å². The highest BCUT2D eigenvalue weighted by molar-refractivity contribution is 5.18. The van der Waals surface area contributed by atoms with E-state index in [2.05, 4.69) is 34.1 Å². The molecule has 3 rings (SSSR count). The Labute approximate surface area is 144 Å². The molecular formula is C19H27N3O2. The summed E-state index contributed by atoms with van der Waals surface area (Å²) in [5, 5.41) is 4.15. The van der Waals surface area contributed by atoms with Crippen molar-refractivity contribution in [2.24, 2.45) is 0 Å². The van der Waals surface area contributed by atoms with Crippen molar-refractivity contribution in [3.05, 3.63) is 47.6 Å². The zero-order chi connectivity index (χ0) is 16.8. The largest absolute Gasteiger partial charge is 0.383 e. The van der Waals surface area contributed by atoms with E-state index < -0.39 is 0 Å². The molecule has 1 fully saturated rings. The molecule has 0 saturated carbocycles. The maximum atomic E-state index is 5.53. The van der Waals surface area contributed by atoms with Gasteiger partial charge in [0.25, 0.3) is 0 Å². The van der Waals surface area contributed by atoms with Gasteiger partial charge in [-0.25, -0.2) is 0 Å². The minimum Gasteiger partial charge on any atom is -0.383 e. The second-order valence-electron chi connectivity index (χ2n) is 6.70. The van der Waals surface area contributed by atoms with Gasteiger partial charge < -0.3 is 9.26 Å². The maximum Gasteiger partial charge on any atom is 0.240 e. The summed E-state index contributed by atoms with van der Waals surface area (Å²) in [7, 11) is 1.79. The van der Waals surface area contributed by atoms with Crippen molar-refractivity contribution in [3.63, 3.8) is 0 Å². The molecule has 2 heterocycles. The summed E-state index contributed by atoms with van der Waals surface area (Å²) in [5.74, 6) is 1.46. The van der Waals surface area contributed by atoms with E-state index in [1.54, 1.807) is 7.11 Å². The Morgan fingerprint density at radius 2 is 2.12 bits per heavy atom. The summed E-state index contributed by atoms with van der Waals surface area (Å²) in [6.07, 6.45) is 5.39. The Bertz CT molecular complexity index is 621. The van der Waals surface area contributed by atoms with Gasteiger partial charge in [0, 0.05) is 19.1 Å². The van der Waals surface area contributed by atoms with Crippen molar-refractivity contribution in [2.75, 3.05) is 20.3 Å². The smallest absolute Gasteiger partial charge is 0.240 e. The van der Waals surface area contributed by atoms with E-state index in [1.807, 2.05) is 18.2 Å². The Kier molecular flexibility index (Phi) is 5.63. The van der Waals surface area contributed by atoms with E-state index in [9.17, 15) is 0 Å². The van der Waals surface area contributed by atoms with Gasteiger partial charge in [0.15, 0.2) is 5.82 Å². The van der Waals surface area contributed by atoms with Crippen LogP contribution in [0.3, 0.4) is 0 Å². The monoisotopic (exact) mass is 329 g/mol. The number of methoxy groups -OCH3 is 1. The molecule has 1 aliphatic rings. The lowest BCUT2D eigenvalue weighted by Crippen LogP contribution is -2.47. The van der Waals surface area contributed by atoms with E-state index >= 15 is 0 Å². The van der Waals surface area contributed by atoms with Gasteiger partial charge in [0.2, 0.25) is 5.89 Å². The highest BCUT2D eigenvalue weighted by Gasteiger charge is 2.40. The number of hydrogen-bond donors (Lipinski definition) is 0. The molecule has 1 aromatic carbocycles. The van der Waals surface area contributed by atoms with E-state index in [1.165, 1.54) is 18.4 Å². The lowest BCUT2D eigenvalue weighted by Gasteiger charge is -2.37. The van der Waals surface area contributed by atoms with Crippen molar-refractivity contribution in [3.8, 4) is 0 Å². The quantitative estimate of drug-likeness (QED) is 0.742. The average Bonchev–Trinajstić information content (AvgIpc) is 3.18. The summed E-state index contributed by atoms with van der Waals surface area (Å²) in [6.45, 7) is 4.79. The fourth-order valence-electron chi connectivity index (χ4n) is 3.86. The molecule has 0 bridgehead atoms. The first-order chi connectivity index (χ1) is 11.8. The highest BCUT2D eigenvalue weighted by Crippen LogP contribution is 2.35. The van der Waals surface area contributed by atoms with Gasteiger partial charge in [-0.3, -0.25) is 4.90 Å². The molecule has 1 aromatic heterocycles.